The number of nitrogens with zero attached hydrogens (tertiary/aromatic N) is 2. The summed E-state index contributed by atoms with van der Waals surface area (Å²) in [4.78, 5) is 0. The van der Waals surface area contributed by atoms with Crippen molar-refractivity contribution in [1.82, 2.24) is 15.1 Å². The maximum Gasteiger partial charge on any atom is 0.0771 e. The quantitative estimate of drug-likeness (QED) is 0.811. The molecule has 0 amide bonds. The summed E-state index contributed by atoms with van der Waals surface area (Å²) in [5.74, 6) is 0.765. The molecule has 1 saturated carbocycles. The molecule has 21 heavy (non-hydrogen) atoms. The van der Waals surface area contributed by atoms with Crippen LogP contribution in [0.25, 0.3) is 0 Å². The number of aromatic nitrogens is 2. The molecule has 1 aromatic rings. The molecule has 0 aromatic carbocycles. The maximum absolute atomic E-state index is 10.5. The van der Waals surface area contributed by atoms with E-state index in [1.165, 1.54) is 0 Å². The standard InChI is InChI=1S/C17H31N3O/c1-4-16(5-2)20-11-8-15(19-20)12-18-13-17(21)9-6-14(3)7-10-17/h8,11,14,16,18,21H,4-7,9-10,12-13H2,1-3H3. The summed E-state index contributed by atoms with van der Waals surface area (Å²) in [7, 11) is 0. The van der Waals surface area contributed by atoms with Gasteiger partial charge in [0.2, 0.25) is 0 Å². The van der Waals surface area contributed by atoms with E-state index in [9.17, 15) is 5.11 Å². The van der Waals surface area contributed by atoms with Crippen molar-refractivity contribution >= 4 is 0 Å². The normalized spacial score (nSPS) is 26.4. The van der Waals surface area contributed by atoms with Crippen LogP contribution in [0.4, 0.5) is 0 Å². The summed E-state index contributed by atoms with van der Waals surface area (Å²) >= 11 is 0. The van der Waals surface area contributed by atoms with Crippen molar-refractivity contribution in [2.45, 2.75) is 77.5 Å². The zero-order valence-electron chi connectivity index (χ0n) is 13.8. The summed E-state index contributed by atoms with van der Waals surface area (Å²) in [6.07, 6.45) is 8.42. The molecule has 0 saturated heterocycles. The SMILES string of the molecule is CCC(CC)n1ccc(CNCC2(O)CCC(C)CC2)n1. The first-order chi connectivity index (χ1) is 10.1. The Hall–Kier alpha value is -0.870. The van der Waals surface area contributed by atoms with Gasteiger partial charge in [-0.25, -0.2) is 0 Å². The Morgan fingerprint density at radius 1 is 1.38 bits per heavy atom. The second-order valence-corrected chi connectivity index (χ2v) is 6.77. The van der Waals surface area contributed by atoms with Gasteiger partial charge in [-0.15, -0.1) is 0 Å². The molecule has 0 unspecified atom stereocenters. The lowest BCUT2D eigenvalue weighted by Crippen LogP contribution is -2.43. The molecule has 0 spiro atoms. The van der Waals surface area contributed by atoms with Crippen LogP contribution in [0.3, 0.4) is 0 Å². The average molecular weight is 293 g/mol. The van der Waals surface area contributed by atoms with Crippen molar-refractivity contribution in [2.24, 2.45) is 5.92 Å². The number of hydrogen-bond donors (Lipinski definition) is 2. The van der Waals surface area contributed by atoms with Gasteiger partial charge < -0.3 is 10.4 Å². The van der Waals surface area contributed by atoms with E-state index in [0.29, 0.717) is 12.6 Å². The highest BCUT2D eigenvalue weighted by atomic mass is 16.3. The van der Waals surface area contributed by atoms with Crippen LogP contribution >= 0.6 is 0 Å². The minimum absolute atomic E-state index is 0.503. The molecule has 0 atom stereocenters. The van der Waals surface area contributed by atoms with E-state index in [2.05, 4.69) is 48.1 Å². The lowest BCUT2D eigenvalue weighted by molar-refractivity contribution is -0.00636. The smallest absolute Gasteiger partial charge is 0.0771 e. The fourth-order valence-electron chi connectivity index (χ4n) is 3.24. The average Bonchev–Trinajstić information content (AvgIpc) is 2.93. The Labute approximate surface area is 128 Å². The van der Waals surface area contributed by atoms with Gasteiger partial charge in [0.1, 0.15) is 0 Å². The molecular weight excluding hydrogens is 262 g/mol. The van der Waals surface area contributed by atoms with Crippen molar-refractivity contribution in [3.63, 3.8) is 0 Å². The summed E-state index contributed by atoms with van der Waals surface area (Å²) in [6.45, 7) is 8.10. The largest absolute Gasteiger partial charge is 0.389 e. The molecule has 4 nitrogen and oxygen atoms in total. The predicted octanol–water partition coefficient (Wildman–Crippen LogP) is 3.28. The maximum atomic E-state index is 10.5. The molecule has 4 heteroatoms. The van der Waals surface area contributed by atoms with Gasteiger partial charge in [-0.2, -0.15) is 5.10 Å². The fourth-order valence-corrected chi connectivity index (χ4v) is 3.24. The molecule has 0 aliphatic heterocycles. The van der Waals surface area contributed by atoms with Gasteiger partial charge in [-0.3, -0.25) is 4.68 Å². The Morgan fingerprint density at radius 3 is 2.67 bits per heavy atom. The van der Waals surface area contributed by atoms with Gasteiger partial charge in [-0.05, 0) is 50.5 Å². The second-order valence-electron chi connectivity index (χ2n) is 6.77. The third kappa shape index (κ3) is 4.55. The molecule has 1 aliphatic carbocycles. The molecular formula is C17H31N3O. The molecule has 1 heterocycles. The zero-order valence-corrected chi connectivity index (χ0v) is 13.8. The number of rotatable bonds is 7. The molecule has 0 radical (unpaired) electrons. The highest BCUT2D eigenvalue weighted by Gasteiger charge is 2.31. The topological polar surface area (TPSA) is 50.1 Å². The summed E-state index contributed by atoms with van der Waals surface area (Å²) < 4.78 is 2.08. The van der Waals surface area contributed by atoms with Gasteiger partial charge in [-0.1, -0.05) is 20.8 Å². The van der Waals surface area contributed by atoms with Gasteiger partial charge in [0.15, 0.2) is 0 Å². The Balaban J connectivity index is 1.78. The number of hydrogen-bond acceptors (Lipinski definition) is 3. The van der Waals surface area contributed by atoms with E-state index in [-0.39, 0.29) is 0 Å². The molecule has 2 rings (SSSR count). The van der Waals surface area contributed by atoms with E-state index in [0.717, 1.165) is 56.7 Å². The second kappa shape index (κ2) is 7.41. The highest BCUT2D eigenvalue weighted by Crippen LogP contribution is 2.31. The number of aliphatic hydroxyl groups is 1. The third-order valence-electron chi connectivity index (χ3n) is 4.95. The lowest BCUT2D eigenvalue weighted by atomic mass is 9.79. The van der Waals surface area contributed by atoms with E-state index in [1.54, 1.807) is 0 Å². The van der Waals surface area contributed by atoms with Crippen LogP contribution < -0.4 is 5.32 Å². The van der Waals surface area contributed by atoms with Gasteiger partial charge in [0.05, 0.1) is 17.3 Å². The zero-order chi connectivity index (χ0) is 15.3. The van der Waals surface area contributed by atoms with Crippen LogP contribution in [0.15, 0.2) is 12.3 Å². The lowest BCUT2D eigenvalue weighted by Gasteiger charge is -2.35. The van der Waals surface area contributed by atoms with E-state index < -0.39 is 5.60 Å². The molecule has 1 aromatic heterocycles. The first-order valence-electron chi connectivity index (χ1n) is 8.53. The van der Waals surface area contributed by atoms with Gasteiger partial charge in [0.25, 0.3) is 0 Å². The van der Waals surface area contributed by atoms with Crippen LogP contribution in [0.1, 0.15) is 71.0 Å². The van der Waals surface area contributed by atoms with Crippen molar-refractivity contribution in [1.29, 1.82) is 0 Å². The van der Waals surface area contributed by atoms with Crippen LogP contribution in [0.5, 0.6) is 0 Å². The third-order valence-corrected chi connectivity index (χ3v) is 4.95. The number of nitrogens with one attached hydrogen (secondary N) is 1. The summed E-state index contributed by atoms with van der Waals surface area (Å²) in [6, 6.07) is 2.58. The highest BCUT2D eigenvalue weighted by molar-refractivity contribution is 5.00. The molecule has 1 aliphatic rings. The molecule has 120 valence electrons. The molecule has 1 fully saturated rings. The van der Waals surface area contributed by atoms with Crippen molar-refractivity contribution in [2.75, 3.05) is 6.54 Å². The van der Waals surface area contributed by atoms with Crippen LogP contribution in [0.2, 0.25) is 0 Å². The van der Waals surface area contributed by atoms with Gasteiger partial charge >= 0.3 is 0 Å². The van der Waals surface area contributed by atoms with Crippen molar-refractivity contribution < 1.29 is 5.11 Å². The molecule has 0 bridgehead atoms. The first kappa shape index (κ1) is 16.5. The van der Waals surface area contributed by atoms with Crippen molar-refractivity contribution in [3.8, 4) is 0 Å². The van der Waals surface area contributed by atoms with Crippen LogP contribution in [-0.2, 0) is 6.54 Å². The van der Waals surface area contributed by atoms with Crippen molar-refractivity contribution in [3.05, 3.63) is 18.0 Å². The van der Waals surface area contributed by atoms with Crippen LogP contribution in [0, 0.1) is 5.92 Å². The Bertz CT molecular complexity index is 417. The van der Waals surface area contributed by atoms with E-state index in [4.69, 9.17) is 0 Å². The predicted molar refractivity (Wildman–Crippen MR) is 86.1 cm³/mol. The Morgan fingerprint density at radius 2 is 2.05 bits per heavy atom. The first-order valence-corrected chi connectivity index (χ1v) is 8.53. The minimum atomic E-state index is -0.509. The van der Waals surface area contributed by atoms with Gasteiger partial charge in [0, 0.05) is 19.3 Å². The van der Waals surface area contributed by atoms with E-state index in [1.807, 2.05) is 0 Å². The Kier molecular flexibility index (Phi) is 5.82. The minimum Gasteiger partial charge on any atom is -0.389 e. The summed E-state index contributed by atoms with van der Waals surface area (Å²) in [5, 5.41) is 18.6. The summed E-state index contributed by atoms with van der Waals surface area (Å²) in [5.41, 5.74) is 0.555. The fraction of sp³-hybridized carbons (Fsp3) is 0.824. The van der Waals surface area contributed by atoms with Crippen LogP contribution in [-0.4, -0.2) is 27.0 Å². The monoisotopic (exact) mass is 293 g/mol. The molecule has 2 N–H and O–H groups in total. The van der Waals surface area contributed by atoms with E-state index >= 15 is 0 Å².